The monoisotopic (exact) mass is 312 g/mol. The lowest BCUT2D eigenvalue weighted by Crippen LogP contribution is -2.26. The lowest BCUT2D eigenvalue weighted by atomic mass is 10.4. The minimum Gasteiger partial charge on any atom is -0.385 e. The number of carbonyl (C=O) groups excluding carboxylic acids is 1. The largest absolute Gasteiger partial charge is 0.385 e. The molecule has 0 aliphatic carbocycles. The molecule has 1 amide bonds. The van der Waals surface area contributed by atoms with Crippen LogP contribution in [-0.4, -0.2) is 47.1 Å². The second-order valence-corrected chi connectivity index (χ2v) is 5.82. The second-order valence-electron chi connectivity index (χ2n) is 3.93. The van der Waals surface area contributed by atoms with Gasteiger partial charge >= 0.3 is 0 Å². The fraction of sp³-hybridized carbons (Fsp3) is 0.417. The van der Waals surface area contributed by atoms with Crippen molar-refractivity contribution >= 4 is 29.0 Å². The van der Waals surface area contributed by atoms with Gasteiger partial charge in [-0.1, -0.05) is 17.8 Å². The summed E-state index contributed by atoms with van der Waals surface area (Å²) in [6.45, 7) is 1.28. The Morgan fingerprint density at radius 1 is 1.60 bits per heavy atom. The van der Waals surface area contributed by atoms with E-state index >= 15 is 0 Å². The van der Waals surface area contributed by atoms with Crippen LogP contribution in [0.15, 0.2) is 22.7 Å². The van der Waals surface area contributed by atoms with Crippen molar-refractivity contribution in [1.29, 1.82) is 0 Å². The molecule has 2 N–H and O–H groups in total. The van der Waals surface area contributed by atoms with Crippen LogP contribution in [0.4, 0.5) is 0 Å². The topological polar surface area (TPSA) is 79.9 Å². The molecule has 0 fully saturated rings. The van der Waals surface area contributed by atoms with E-state index < -0.39 is 0 Å². The number of carbonyl (C=O) groups is 1. The summed E-state index contributed by atoms with van der Waals surface area (Å²) in [4.78, 5) is 17.0. The molecule has 2 aromatic heterocycles. The summed E-state index contributed by atoms with van der Waals surface area (Å²) in [6, 6.07) is 3.94. The van der Waals surface area contributed by atoms with Gasteiger partial charge < -0.3 is 10.1 Å². The number of hydrogen-bond acceptors (Lipinski definition) is 6. The first kappa shape index (κ1) is 15.0. The van der Waals surface area contributed by atoms with Gasteiger partial charge in [0.1, 0.15) is 0 Å². The van der Waals surface area contributed by atoms with Gasteiger partial charge in [-0.15, -0.1) is 16.4 Å². The van der Waals surface area contributed by atoms with Crippen LogP contribution in [0.25, 0.3) is 10.7 Å². The normalized spacial score (nSPS) is 10.7. The third-order valence-electron chi connectivity index (χ3n) is 2.40. The summed E-state index contributed by atoms with van der Waals surface area (Å²) < 4.78 is 4.91. The van der Waals surface area contributed by atoms with Gasteiger partial charge in [0.25, 0.3) is 0 Å². The molecule has 20 heavy (non-hydrogen) atoms. The van der Waals surface area contributed by atoms with Crippen LogP contribution in [0.5, 0.6) is 0 Å². The molecule has 6 nitrogen and oxygen atoms in total. The van der Waals surface area contributed by atoms with Gasteiger partial charge in [0, 0.05) is 20.3 Å². The van der Waals surface area contributed by atoms with Gasteiger partial charge in [0.15, 0.2) is 5.82 Å². The Kier molecular flexibility index (Phi) is 6.03. The maximum Gasteiger partial charge on any atom is 0.230 e. The zero-order valence-electron chi connectivity index (χ0n) is 11.1. The molecule has 2 rings (SSSR count). The first-order chi connectivity index (χ1) is 9.79. The highest BCUT2D eigenvalue weighted by Crippen LogP contribution is 2.22. The van der Waals surface area contributed by atoms with Gasteiger partial charge in [0.2, 0.25) is 11.1 Å². The SMILES string of the molecule is COCCCNC(=O)CSc1n[nH]c(-c2cccs2)n1. The van der Waals surface area contributed by atoms with Gasteiger partial charge in [-0.25, -0.2) is 4.98 Å². The summed E-state index contributed by atoms with van der Waals surface area (Å²) >= 11 is 2.91. The average molecular weight is 312 g/mol. The van der Waals surface area contributed by atoms with Crippen molar-refractivity contribution in [2.24, 2.45) is 0 Å². The van der Waals surface area contributed by atoms with Crippen molar-refractivity contribution in [2.45, 2.75) is 11.6 Å². The van der Waals surface area contributed by atoms with E-state index in [1.165, 1.54) is 11.8 Å². The summed E-state index contributed by atoms with van der Waals surface area (Å²) in [5.41, 5.74) is 0. The first-order valence-corrected chi connectivity index (χ1v) is 8.01. The molecule has 0 aliphatic heterocycles. The van der Waals surface area contributed by atoms with Crippen LogP contribution in [-0.2, 0) is 9.53 Å². The number of nitrogens with zero attached hydrogens (tertiary/aromatic N) is 2. The third kappa shape index (κ3) is 4.62. The number of rotatable bonds is 8. The van der Waals surface area contributed by atoms with E-state index in [4.69, 9.17) is 4.74 Å². The molecule has 0 aromatic carbocycles. The van der Waals surface area contributed by atoms with Crippen molar-refractivity contribution in [2.75, 3.05) is 26.0 Å². The van der Waals surface area contributed by atoms with Gasteiger partial charge in [0.05, 0.1) is 10.6 Å². The van der Waals surface area contributed by atoms with Crippen molar-refractivity contribution < 1.29 is 9.53 Å². The minimum absolute atomic E-state index is 0.0198. The van der Waals surface area contributed by atoms with E-state index in [9.17, 15) is 4.79 Å². The molecule has 0 bridgehead atoms. The predicted molar refractivity (Wildman–Crippen MR) is 79.9 cm³/mol. The standard InChI is InChI=1S/C12H16N4O2S2/c1-18-6-3-5-13-10(17)8-20-12-14-11(15-16-12)9-4-2-7-19-9/h2,4,7H,3,5-6,8H2,1H3,(H,13,17)(H,14,15,16). The number of ether oxygens (including phenoxy) is 1. The van der Waals surface area contributed by atoms with Gasteiger partial charge in [-0.2, -0.15) is 0 Å². The zero-order chi connectivity index (χ0) is 14.2. The van der Waals surface area contributed by atoms with Crippen molar-refractivity contribution in [3.05, 3.63) is 17.5 Å². The summed E-state index contributed by atoms with van der Waals surface area (Å²) in [7, 11) is 1.64. The smallest absolute Gasteiger partial charge is 0.230 e. The third-order valence-corrected chi connectivity index (χ3v) is 4.12. The Balaban J connectivity index is 1.73. The Hall–Kier alpha value is -1.38. The first-order valence-electron chi connectivity index (χ1n) is 6.14. The molecular weight excluding hydrogens is 296 g/mol. The molecule has 0 saturated carbocycles. The molecule has 0 radical (unpaired) electrons. The predicted octanol–water partition coefficient (Wildman–Crippen LogP) is 1.78. The molecule has 2 heterocycles. The van der Waals surface area contributed by atoms with E-state index in [1.807, 2.05) is 17.5 Å². The molecule has 0 saturated heterocycles. The van der Waals surface area contributed by atoms with Gasteiger partial charge in [-0.3, -0.25) is 9.89 Å². The Bertz CT molecular complexity index is 527. The number of H-pyrrole nitrogens is 1. The molecule has 108 valence electrons. The van der Waals surface area contributed by atoms with E-state index in [0.717, 1.165) is 17.1 Å². The number of aromatic amines is 1. The van der Waals surface area contributed by atoms with Crippen molar-refractivity contribution in [3.63, 3.8) is 0 Å². The van der Waals surface area contributed by atoms with Crippen LogP contribution in [0.3, 0.4) is 0 Å². The fourth-order valence-corrected chi connectivity index (χ4v) is 2.75. The van der Waals surface area contributed by atoms with E-state index in [2.05, 4.69) is 20.5 Å². The lowest BCUT2D eigenvalue weighted by molar-refractivity contribution is -0.118. The number of thiophene rings is 1. The maximum atomic E-state index is 11.6. The molecule has 0 aliphatic rings. The molecule has 0 spiro atoms. The van der Waals surface area contributed by atoms with Crippen LogP contribution in [0.1, 0.15) is 6.42 Å². The molecule has 2 aromatic rings. The van der Waals surface area contributed by atoms with Crippen LogP contribution in [0, 0.1) is 0 Å². The molecule has 0 unspecified atom stereocenters. The molecule has 8 heteroatoms. The molecule has 0 atom stereocenters. The quantitative estimate of drug-likeness (QED) is 0.574. The van der Waals surface area contributed by atoms with Crippen LogP contribution in [0.2, 0.25) is 0 Å². The van der Waals surface area contributed by atoms with Crippen molar-refractivity contribution in [3.8, 4) is 10.7 Å². The summed E-state index contributed by atoms with van der Waals surface area (Å²) in [5.74, 6) is 1.03. The maximum absolute atomic E-state index is 11.6. The van der Waals surface area contributed by atoms with Crippen LogP contribution < -0.4 is 5.32 Å². The number of amides is 1. The zero-order valence-corrected chi connectivity index (χ0v) is 12.7. The van der Waals surface area contributed by atoms with Crippen LogP contribution >= 0.6 is 23.1 Å². The Morgan fingerprint density at radius 2 is 2.50 bits per heavy atom. The highest BCUT2D eigenvalue weighted by molar-refractivity contribution is 7.99. The van der Waals surface area contributed by atoms with Crippen molar-refractivity contribution in [1.82, 2.24) is 20.5 Å². The number of methoxy groups -OCH3 is 1. The number of aromatic nitrogens is 3. The number of nitrogens with one attached hydrogen (secondary N) is 2. The van der Waals surface area contributed by atoms with E-state index in [1.54, 1.807) is 18.4 Å². The lowest BCUT2D eigenvalue weighted by Gasteiger charge is -2.02. The molecular formula is C12H16N4O2S2. The average Bonchev–Trinajstić information content (AvgIpc) is 3.11. The van der Waals surface area contributed by atoms with Gasteiger partial charge in [-0.05, 0) is 17.9 Å². The Labute approximate surface area is 125 Å². The number of thioether (sulfide) groups is 1. The number of hydrogen-bond donors (Lipinski definition) is 2. The fourth-order valence-electron chi connectivity index (χ4n) is 1.46. The summed E-state index contributed by atoms with van der Waals surface area (Å²) in [5, 5.41) is 12.3. The summed E-state index contributed by atoms with van der Waals surface area (Å²) in [6.07, 6.45) is 0.816. The highest BCUT2D eigenvalue weighted by atomic mass is 32.2. The highest BCUT2D eigenvalue weighted by Gasteiger charge is 2.09. The minimum atomic E-state index is -0.0198. The van der Waals surface area contributed by atoms with E-state index in [-0.39, 0.29) is 5.91 Å². The second kappa shape index (κ2) is 8.03. The Morgan fingerprint density at radius 3 is 3.25 bits per heavy atom. The van der Waals surface area contributed by atoms with E-state index in [0.29, 0.717) is 24.1 Å².